The molecule has 0 aliphatic heterocycles. The van der Waals surface area contributed by atoms with Gasteiger partial charge in [-0.1, -0.05) is 25.1 Å². The summed E-state index contributed by atoms with van der Waals surface area (Å²) in [5.41, 5.74) is 10.6. The van der Waals surface area contributed by atoms with Crippen LogP contribution >= 0.6 is 27.3 Å². The number of hydrogen-bond donors (Lipinski definition) is 1. The lowest BCUT2D eigenvalue weighted by molar-refractivity contribution is 0.895. The number of para-hydroxylation sites is 1. The molecule has 0 aliphatic carbocycles. The van der Waals surface area contributed by atoms with E-state index in [1.165, 1.54) is 5.56 Å². The molecule has 0 unspecified atom stereocenters. The minimum absolute atomic E-state index is 0.723. The van der Waals surface area contributed by atoms with Crippen molar-refractivity contribution in [1.82, 2.24) is 9.78 Å². The number of rotatable bonds is 3. The van der Waals surface area contributed by atoms with Gasteiger partial charge < -0.3 is 5.73 Å². The van der Waals surface area contributed by atoms with E-state index in [2.05, 4.69) is 35.8 Å². The molecule has 0 saturated carbocycles. The van der Waals surface area contributed by atoms with Gasteiger partial charge in [0.15, 0.2) is 0 Å². The topological polar surface area (TPSA) is 43.8 Å². The van der Waals surface area contributed by atoms with Crippen molar-refractivity contribution >= 4 is 33.1 Å². The molecule has 0 radical (unpaired) electrons. The number of aryl methyl sites for hydroxylation is 1. The summed E-state index contributed by atoms with van der Waals surface area (Å²) in [5.74, 6) is 0.723. The van der Waals surface area contributed by atoms with Crippen molar-refractivity contribution in [3.63, 3.8) is 0 Å². The summed E-state index contributed by atoms with van der Waals surface area (Å²) in [6.07, 6.45) is 0.864. The predicted molar refractivity (Wildman–Crippen MR) is 93.1 cm³/mol. The van der Waals surface area contributed by atoms with Crippen LogP contribution in [0.5, 0.6) is 0 Å². The summed E-state index contributed by atoms with van der Waals surface area (Å²) in [6.45, 7) is 4.20. The van der Waals surface area contributed by atoms with Gasteiger partial charge in [-0.3, -0.25) is 0 Å². The molecule has 2 N–H and O–H groups in total. The SMILES string of the molecule is CCc1c(-c2cc(C)c(Br)s2)nn(-c2ccccc2)c1N. The molecule has 3 nitrogen and oxygen atoms in total. The van der Waals surface area contributed by atoms with Gasteiger partial charge in [0.05, 0.1) is 14.4 Å². The van der Waals surface area contributed by atoms with Crippen molar-refractivity contribution in [1.29, 1.82) is 0 Å². The van der Waals surface area contributed by atoms with Crippen LogP contribution in [-0.2, 0) is 6.42 Å². The number of thiophene rings is 1. The zero-order valence-electron chi connectivity index (χ0n) is 11.9. The van der Waals surface area contributed by atoms with Gasteiger partial charge >= 0.3 is 0 Å². The number of halogens is 1. The van der Waals surface area contributed by atoms with Crippen molar-refractivity contribution in [2.24, 2.45) is 0 Å². The molecule has 1 aromatic carbocycles. The molecule has 2 aromatic heterocycles. The van der Waals surface area contributed by atoms with E-state index in [1.807, 2.05) is 35.0 Å². The molecule has 0 bridgehead atoms. The zero-order chi connectivity index (χ0) is 15.0. The first-order valence-electron chi connectivity index (χ1n) is 6.81. The highest BCUT2D eigenvalue weighted by Gasteiger charge is 2.18. The first-order chi connectivity index (χ1) is 10.1. The normalized spacial score (nSPS) is 11.0. The van der Waals surface area contributed by atoms with Crippen molar-refractivity contribution in [2.75, 3.05) is 5.73 Å². The van der Waals surface area contributed by atoms with Crippen LogP contribution in [0.1, 0.15) is 18.1 Å². The maximum Gasteiger partial charge on any atom is 0.131 e. The number of nitrogens with two attached hydrogens (primary N) is 1. The van der Waals surface area contributed by atoms with Crippen molar-refractivity contribution in [3.8, 4) is 16.3 Å². The van der Waals surface area contributed by atoms with Crippen molar-refractivity contribution < 1.29 is 0 Å². The summed E-state index contributed by atoms with van der Waals surface area (Å²) < 4.78 is 2.98. The molecular weight excluding hydrogens is 346 g/mol. The molecule has 21 heavy (non-hydrogen) atoms. The Kier molecular flexibility index (Phi) is 3.87. The molecule has 0 saturated heterocycles. The van der Waals surface area contributed by atoms with Crippen LogP contribution in [0.3, 0.4) is 0 Å². The monoisotopic (exact) mass is 361 g/mol. The van der Waals surface area contributed by atoms with Crippen LogP contribution in [-0.4, -0.2) is 9.78 Å². The van der Waals surface area contributed by atoms with Crippen LogP contribution < -0.4 is 5.73 Å². The highest BCUT2D eigenvalue weighted by atomic mass is 79.9. The standard InChI is InChI=1S/C16H16BrN3S/c1-3-12-14(13-9-10(2)15(17)21-13)19-20(16(12)18)11-7-5-4-6-8-11/h4-9H,3,18H2,1-2H3. The average molecular weight is 362 g/mol. The predicted octanol–water partition coefficient (Wildman–Crippen LogP) is 4.82. The van der Waals surface area contributed by atoms with Gasteiger partial charge in [0, 0.05) is 5.56 Å². The van der Waals surface area contributed by atoms with Crippen LogP contribution in [0.15, 0.2) is 40.2 Å². The lowest BCUT2D eigenvalue weighted by Crippen LogP contribution is -2.02. The maximum absolute atomic E-state index is 6.32. The van der Waals surface area contributed by atoms with Crippen LogP contribution in [0.25, 0.3) is 16.3 Å². The van der Waals surface area contributed by atoms with E-state index in [-0.39, 0.29) is 0 Å². The smallest absolute Gasteiger partial charge is 0.131 e. The molecular formula is C16H16BrN3S. The number of hydrogen-bond acceptors (Lipinski definition) is 3. The van der Waals surface area contributed by atoms with E-state index >= 15 is 0 Å². The molecule has 3 aromatic rings. The minimum atomic E-state index is 0.723. The molecule has 0 spiro atoms. The fourth-order valence-electron chi connectivity index (χ4n) is 2.35. The van der Waals surface area contributed by atoms with E-state index in [9.17, 15) is 0 Å². The minimum Gasteiger partial charge on any atom is -0.383 e. The summed E-state index contributed by atoms with van der Waals surface area (Å²) in [7, 11) is 0. The van der Waals surface area contributed by atoms with E-state index in [1.54, 1.807) is 11.3 Å². The Hall–Kier alpha value is -1.59. The second-order valence-electron chi connectivity index (χ2n) is 4.88. The number of benzene rings is 1. The van der Waals surface area contributed by atoms with Gasteiger partial charge in [0.1, 0.15) is 11.5 Å². The van der Waals surface area contributed by atoms with E-state index in [0.717, 1.165) is 37.8 Å². The Bertz CT molecular complexity index is 755. The lowest BCUT2D eigenvalue weighted by atomic mass is 10.1. The number of nitrogen functional groups attached to an aromatic ring is 1. The first kappa shape index (κ1) is 14.4. The highest BCUT2D eigenvalue weighted by Crippen LogP contribution is 2.38. The Labute approximate surface area is 136 Å². The quantitative estimate of drug-likeness (QED) is 0.726. The summed E-state index contributed by atoms with van der Waals surface area (Å²) >= 11 is 5.28. The molecule has 0 aliphatic rings. The molecule has 2 heterocycles. The second-order valence-corrected chi connectivity index (χ2v) is 7.25. The van der Waals surface area contributed by atoms with Gasteiger partial charge in [0.2, 0.25) is 0 Å². The van der Waals surface area contributed by atoms with Crippen LogP contribution in [0.4, 0.5) is 5.82 Å². The third-order valence-electron chi connectivity index (χ3n) is 3.47. The third kappa shape index (κ3) is 2.51. The van der Waals surface area contributed by atoms with Gasteiger partial charge in [-0.25, -0.2) is 4.68 Å². The Balaban J connectivity index is 2.18. The summed E-state index contributed by atoms with van der Waals surface area (Å²) in [6, 6.07) is 12.2. The number of anilines is 1. The third-order valence-corrected chi connectivity index (χ3v) is 5.61. The molecule has 0 fully saturated rings. The van der Waals surface area contributed by atoms with Gasteiger partial charge in [-0.2, -0.15) is 5.10 Å². The Morgan fingerprint density at radius 2 is 2.00 bits per heavy atom. The van der Waals surface area contributed by atoms with Crippen LogP contribution in [0, 0.1) is 6.92 Å². The average Bonchev–Trinajstić information content (AvgIpc) is 3.00. The summed E-state index contributed by atoms with van der Waals surface area (Å²) in [5, 5.41) is 4.76. The highest BCUT2D eigenvalue weighted by molar-refractivity contribution is 9.11. The Morgan fingerprint density at radius 1 is 1.29 bits per heavy atom. The zero-order valence-corrected chi connectivity index (χ0v) is 14.3. The molecule has 0 atom stereocenters. The molecule has 3 rings (SSSR count). The van der Waals surface area contributed by atoms with E-state index in [4.69, 9.17) is 10.8 Å². The Morgan fingerprint density at radius 3 is 2.57 bits per heavy atom. The molecule has 108 valence electrons. The number of aromatic nitrogens is 2. The lowest BCUT2D eigenvalue weighted by Gasteiger charge is -2.03. The molecule has 0 amide bonds. The fourth-order valence-corrected chi connectivity index (χ4v) is 3.90. The molecule has 5 heteroatoms. The maximum atomic E-state index is 6.32. The van der Waals surface area contributed by atoms with Gasteiger partial charge in [-0.15, -0.1) is 11.3 Å². The van der Waals surface area contributed by atoms with E-state index < -0.39 is 0 Å². The summed E-state index contributed by atoms with van der Waals surface area (Å²) in [4.78, 5) is 1.15. The fraction of sp³-hybridized carbons (Fsp3) is 0.188. The van der Waals surface area contributed by atoms with Crippen LogP contribution in [0.2, 0.25) is 0 Å². The first-order valence-corrected chi connectivity index (χ1v) is 8.41. The van der Waals surface area contributed by atoms with Gasteiger partial charge in [-0.05, 0) is 53.0 Å². The van der Waals surface area contributed by atoms with Crippen molar-refractivity contribution in [3.05, 3.63) is 51.3 Å². The van der Waals surface area contributed by atoms with E-state index in [0.29, 0.717) is 0 Å². The van der Waals surface area contributed by atoms with Gasteiger partial charge in [0.25, 0.3) is 0 Å². The number of nitrogens with zero attached hydrogens (tertiary/aromatic N) is 2. The van der Waals surface area contributed by atoms with Crippen molar-refractivity contribution in [2.45, 2.75) is 20.3 Å². The second kappa shape index (κ2) is 5.66. The largest absolute Gasteiger partial charge is 0.383 e.